The third-order valence-electron chi connectivity index (χ3n) is 3.93. The first kappa shape index (κ1) is 19.8. The van der Waals surface area contributed by atoms with Crippen LogP contribution in [0.4, 0.5) is 0 Å². The highest BCUT2D eigenvalue weighted by molar-refractivity contribution is 6.37. The molecule has 138 valence electrons. The topological polar surface area (TPSA) is 61.9 Å². The fourth-order valence-electron chi connectivity index (χ4n) is 2.74. The quantitative estimate of drug-likeness (QED) is 0.841. The van der Waals surface area contributed by atoms with Gasteiger partial charge >= 0.3 is 0 Å². The van der Waals surface area contributed by atoms with Gasteiger partial charge in [0.1, 0.15) is 0 Å². The molecular weight excluding hydrogens is 365 g/mol. The lowest BCUT2D eigenvalue weighted by molar-refractivity contribution is -0.123. The van der Waals surface area contributed by atoms with Crippen molar-refractivity contribution < 1.29 is 14.3 Å². The van der Waals surface area contributed by atoms with Crippen LogP contribution in [0, 0.1) is 0 Å². The van der Waals surface area contributed by atoms with Gasteiger partial charge in [0, 0.05) is 37.8 Å². The summed E-state index contributed by atoms with van der Waals surface area (Å²) in [6, 6.07) is 3.26. The average Bonchev–Trinajstić information content (AvgIpc) is 2.53. The summed E-state index contributed by atoms with van der Waals surface area (Å²) in [4.78, 5) is 28.2. The van der Waals surface area contributed by atoms with Crippen molar-refractivity contribution in [1.82, 2.24) is 15.1 Å². The molecule has 0 aromatic heterocycles. The predicted octanol–water partition coefficient (Wildman–Crippen LogP) is 2.28. The second-order valence-corrected chi connectivity index (χ2v) is 7.08. The van der Waals surface area contributed by atoms with E-state index in [1.54, 1.807) is 17.0 Å². The lowest BCUT2D eigenvalue weighted by Crippen LogP contribution is -2.51. The number of carbonyl (C=O) groups excluding carboxylic acids is 2. The zero-order chi connectivity index (χ0) is 18.6. The number of halogens is 2. The number of piperazine rings is 1. The predicted molar refractivity (Wildman–Crippen MR) is 98.6 cm³/mol. The monoisotopic (exact) mass is 387 g/mol. The zero-order valence-electron chi connectivity index (χ0n) is 14.6. The van der Waals surface area contributed by atoms with Crippen LogP contribution in [0.25, 0.3) is 0 Å². The fraction of sp³-hybridized carbons (Fsp3) is 0.529. The average molecular weight is 388 g/mol. The molecule has 6 nitrogen and oxygen atoms in total. The van der Waals surface area contributed by atoms with Crippen LogP contribution in [-0.2, 0) is 4.79 Å². The molecular formula is C17H23Cl2N3O3. The Kier molecular flexibility index (Phi) is 6.93. The van der Waals surface area contributed by atoms with Crippen molar-refractivity contribution in [3.63, 3.8) is 0 Å². The second kappa shape index (κ2) is 8.74. The number of nitrogens with zero attached hydrogens (tertiary/aromatic N) is 2. The fourth-order valence-corrected chi connectivity index (χ4v) is 3.38. The molecule has 25 heavy (non-hydrogen) atoms. The molecule has 1 fully saturated rings. The minimum absolute atomic E-state index is 0.00324. The summed E-state index contributed by atoms with van der Waals surface area (Å²) in [6.07, 6.45) is 0. The molecule has 1 N–H and O–H groups in total. The van der Waals surface area contributed by atoms with Gasteiger partial charge in [-0.2, -0.15) is 0 Å². The van der Waals surface area contributed by atoms with Crippen molar-refractivity contribution in [1.29, 1.82) is 0 Å². The Morgan fingerprint density at radius 2 is 1.72 bits per heavy atom. The molecule has 1 aliphatic heterocycles. The van der Waals surface area contributed by atoms with E-state index in [2.05, 4.69) is 5.32 Å². The van der Waals surface area contributed by atoms with Gasteiger partial charge in [0.15, 0.2) is 5.75 Å². The van der Waals surface area contributed by atoms with Gasteiger partial charge in [0.25, 0.3) is 5.91 Å². The highest BCUT2D eigenvalue weighted by atomic mass is 35.5. The Labute approximate surface area is 158 Å². The second-order valence-electron chi connectivity index (χ2n) is 6.26. The summed E-state index contributed by atoms with van der Waals surface area (Å²) in [5, 5.41) is 3.49. The standard InChI is InChI=1S/C17H23Cl2N3O3/c1-11(2)20-15(23)10-21-4-6-22(7-5-21)17(24)12-8-13(18)16(25-3)14(19)9-12/h8-9,11H,4-7,10H2,1-3H3,(H,20,23). The van der Waals surface area contributed by atoms with Crippen LogP contribution in [0.5, 0.6) is 5.75 Å². The highest BCUT2D eigenvalue weighted by Gasteiger charge is 2.24. The SMILES string of the molecule is COc1c(Cl)cc(C(=O)N2CCN(CC(=O)NC(C)C)CC2)cc1Cl. The normalized spacial score (nSPS) is 15.4. The summed E-state index contributed by atoms with van der Waals surface area (Å²) in [7, 11) is 1.48. The number of benzene rings is 1. The number of hydrogen-bond donors (Lipinski definition) is 1. The number of amides is 2. The maximum atomic E-state index is 12.6. The van der Waals surface area contributed by atoms with Gasteiger partial charge in [0.2, 0.25) is 5.91 Å². The van der Waals surface area contributed by atoms with Gasteiger partial charge in [-0.25, -0.2) is 0 Å². The largest absolute Gasteiger partial charge is 0.494 e. The van der Waals surface area contributed by atoms with Crippen LogP contribution >= 0.6 is 23.2 Å². The molecule has 1 aliphatic rings. The highest BCUT2D eigenvalue weighted by Crippen LogP contribution is 2.34. The van der Waals surface area contributed by atoms with Crippen LogP contribution in [0.2, 0.25) is 10.0 Å². The lowest BCUT2D eigenvalue weighted by Gasteiger charge is -2.34. The van der Waals surface area contributed by atoms with Crippen molar-refractivity contribution in [3.8, 4) is 5.75 Å². The van der Waals surface area contributed by atoms with Gasteiger partial charge in [0.05, 0.1) is 23.7 Å². The van der Waals surface area contributed by atoms with E-state index in [4.69, 9.17) is 27.9 Å². The molecule has 8 heteroatoms. The minimum Gasteiger partial charge on any atom is -0.494 e. The Morgan fingerprint density at radius 3 is 2.20 bits per heavy atom. The number of methoxy groups -OCH3 is 1. The number of ether oxygens (including phenoxy) is 1. The van der Waals surface area contributed by atoms with Crippen molar-refractivity contribution in [3.05, 3.63) is 27.7 Å². The lowest BCUT2D eigenvalue weighted by atomic mass is 10.1. The molecule has 0 bridgehead atoms. The number of nitrogens with one attached hydrogen (secondary N) is 1. The van der Waals surface area contributed by atoms with Crippen molar-refractivity contribution in [2.24, 2.45) is 0 Å². The number of rotatable bonds is 5. The van der Waals surface area contributed by atoms with Crippen LogP contribution in [-0.4, -0.2) is 67.5 Å². The minimum atomic E-state index is -0.127. The summed E-state index contributed by atoms with van der Waals surface area (Å²) < 4.78 is 5.10. The summed E-state index contributed by atoms with van der Waals surface area (Å²) in [6.45, 7) is 6.60. The van der Waals surface area contributed by atoms with Crippen LogP contribution in [0.3, 0.4) is 0 Å². The third kappa shape index (κ3) is 5.23. The van der Waals surface area contributed by atoms with E-state index in [-0.39, 0.29) is 17.9 Å². The summed E-state index contributed by atoms with van der Waals surface area (Å²) in [5.74, 6) is 0.238. The van der Waals surface area contributed by atoms with Crippen molar-refractivity contribution in [2.75, 3.05) is 39.8 Å². The first-order valence-electron chi connectivity index (χ1n) is 8.15. The van der Waals surface area contributed by atoms with E-state index >= 15 is 0 Å². The molecule has 0 aliphatic carbocycles. The van der Waals surface area contributed by atoms with Crippen LogP contribution < -0.4 is 10.1 Å². The summed E-state index contributed by atoms with van der Waals surface area (Å²) in [5.41, 5.74) is 0.432. The molecule has 1 aromatic carbocycles. The van der Waals surface area contributed by atoms with E-state index in [9.17, 15) is 9.59 Å². The first-order chi connectivity index (χ1) is 11.8. The Morgan fingerprint density at radius 1 is 1.16 bits per heavy atom. The van der Waals surface area contributed by atoms with E-state index in [0.717, 1.165) is 0 Å². The molecule has 0 atom stereocenters. The molecule has 1 aromatic rings. The Balaban J connectivity index is 1.94. The van der Waals surface area contributed by atoms with Crippen LogP contribution in [0.1, 0.15) is 24.2 Å². The molecule has 1 saturated heterocycles. The van der Waals surface area contributed by atoms with Gasteiger partial charge < -0.3 is 15.0 Å². The molecule has 0 radical (unpaired) electrons. The van der Waals surface area contributed by atoms with Crippen molar-refractivity contribution in [2.45, 2.75) is 19.9 Å². The van der Waals surface area contributed by atoms with E-state index in [0.29, 0.717) is 54.1 Å². The third-order valence-corrected chi connectivity index (χ3v) is 4.49. The van der Waals surface area contributed by atoms with E-state index < -0.39 is 0 Å². The Bertz CT molecular complexity index is 621. The van der Waals surface area contributed by atoms with Crippen LogP contribution in [0.15, 0.2) is 12.1 Å². The number of hydrogen-bond acceptors (Lipinski definition) is 4. The first-order valence-corrected chi connectivity index (χ1v) is 8.91. The molecule has 0 spiro atoms. The molecule has 0 saturated carbocycles. The smallest absolute Gasteiger partial charge is 0.254 e. The van der Waals surface area contributed by atoms with Gasteiger partial charge in [-0.15, -0.1) is 0 Å². The van der Waals surface area contributed by atoms with E-state index in [1.807, 2.05) is 18.7 Å². The Hall–Kier alpha value is -1.50. The van der Waals surface area contributed by atoms with Gasteiger partial charge in [-0.3, -0.25) is 14.5 Å². The molecule has 0 unspecified atom stereocenters. The molecule has 2 amide bonds. The molecule has 1 heterocycles. The molecule has 2 rings (SSSR count). The maximum Gasteiger partial charge on any atom is 0.254 e. The van der Waals surface area contributed by atoms with Crippen molar-refractivity contribution >= 4 is 35.0 Å². The number of carbonyl (C=O) groups is 2. The maximum absolute atomic E-state index is 12.6. The summed E-state index contributed by atoms with van der Waals surface area (Å²) >= 11 is 12.2. The van der Waals surface area contributed by atoms with Gasteiger partial charge in [-0.1, -0.05) is 23.2 Å². The zero-order valence-corrected chi connectivity index (χ0v) is 16.2. The van der Waals surface area contributed by atoms with Gasteiger partial charge in [-0.05, 0) is 26.0 Å². The van der Waals surface area contributed by atoms with E-state index in [1.165, 1.54) is 7.11 Å².